The van der Waals surface area contributed by atoms with E-state index in [1.807, 2.05) is 43.3 Å². The number of fused-ring (bicyclic) bond motifs is 2. The van der Waals surface area contributed by atoms with Gasteiger partial charge in [-0.1, -0.05) is 68.3 Å². The van der Waals surface area contributed by atoms with E-state index < -0.39 is 102 Å². The summed E-state index contributed by atoms with van der Waals surface area (Å²) in [5.74, 6) is -7.46. The number of unbranched alkanes of at least 4 members (excludes halogenated alkanes) is 1. The Morgan fingerprint density at radius 1 is 0.835 bits per heavy atom. The molecule has 3 aromatic rings. The van der Waals surface area contributed by atoms with Crippen LogP contribution in [0.1, 0.15) is 99.6 Å². The van der Waals surface area contributed by atoms with Gasteiger partial charge in [0.05, 0.1) is 26.0 Å². The largest absolute Gasteiger partial charge is 0.480 e. The molecule has 2 aromatic carbocycles. The van der Waals surface area contributed by atoms with Gasteiger partial charge < -0.3 is 68.4 Å². The van der Waals surface area contributed by atoms with E-state index in [1.165, 1.54) is 24.3 Å². The summed E-state index contributed by atoms with van der Waals surface area (Å²) in [7, 11) is 0. The van der Waals surface area contributed by atoms with Crippen molar-refractivity contribution >= 4 is 59.2 Å². The lowest BCUT2D eigenvalue weighted by Crippen LogP contribution is -2.61. The number of aromatic amines is 1. The van der Waals surface area contributed by atoms with Gasteiger partial charge in [-0.2, -0.15) is 0 Å². The first-order chi connectivity index (χ1) is 38.0. The number of rotatable bonds is 17. The molecule has 0 radical (unpaired) electrons. The number of aliphatic imine (C=N–C) groups is 1. The average Bonchev–Trinajstić information content (AvgIpc) is 4.00. The highest BCUT2D eigenvalue weighted by Crippen LogP contribution is 2.26. The lowest BCUT2D eigenvalue weighted by molar-refractivity contribution is -0.147. The highest BCUT2D eigenvalue weighted by atomic mass is 16.5. The zero-order valence-corrected chi connectivity index (χ0v) is 44.9. The summed E-state index contributed by atoms with van der Waals surface area (Å²) in [6, 6.07) is 5.19. The number of carboxylic acids is 1. The van der Waals surface area contributed by atoms with Crippen molar-refractivity contribution in [1.29, 1.82) is 0 Å². The molecule has 6 rings (SSSR count). The lowest BCUT2D eigenvalue weighted by Gasteiger charge is -2.38. The molecule has 3 aliphatic rings. The lowest BCUT2D eigenvalue weighted by atomic mass is 9.92. The predicted molar refractivity (Wildman–Crippen MR) is 289 cm³/mol. The highest BCUT2D eigenvalue weighted by Gasteiger charge is 2.40. The van der Waals surface area contributed by atoms with Gasteiger partial charge in [0, 0.05) is 77.3 Å². The topological polar surface area (TPSA) is 367 Å². The minimum Gasteiger partial charge on any atom is -0.480 e. The second kappa shape index (κ2) is 30.3. The summed E-state index contributed by atoms with van der Waals surface area (Å²) in [4.78, 5) is 141. The van der Waals surface area contributed by atoms with Gasteiger partial charge in [-0.3, -0.25) is 48.2 Å². The summed E-state index contributed by atoms with van der Waals surface area (Å²) in [5, 5.41) is 29.3. The summed E-state index contributed by atoms with van der Waals surface area (Å²) in [6.45, 7) is 6.55. The molecule has 25 heteroatoms. The molecule has 3 aliphatic heterocycles. The molecule has 25 nitrogen and oxygen atoms in total. The Labute approximate surface area is 458 Å². The number of amides is 8. The number of hydrogen-bond acceptors (Lipinski definition) is 13. The van der Waals surface area contributed by atoms with Crippen LogP contribution in [0.15, 0.2) is 66.0 Å². The minimum atomic E-state index is -1.60. The van der Waals surface area contributed by atoms with Crippen LogP contribution in [-0.2, 0) is 80.2 Å². The van der Waals surface area contributed by atoms with Crippen LogP contribution in [0, 0.1) is 0 Å². The van der Waals surface area contributed by atoms with Crippen LogP contribution in [0.5, 0.6) is 0 Å². The average molecular weight is 1100 g/mol. The molecule has 4 heterocycles. The molecule has 7 atom stereocenters. The van der Waals surface area contributed by atoms with E-state index in [4.69, 9.17) is 16.2 Å². The second-order valence-electron chi connectivity index (χ2n) is 20.2. The Kier molecular flexibility index (Phi) is 23.1. The Bertz CT molecular complexity index is 2610. The number of aromatic nitrogens is 2. The van der Waals surface area contributed by atoms with E-state index in [0.29, 0.717) is 43.9 Å². The Balaban J connectivity index is 1.40. The molecule has 8 amide bonds. The number of nitrogens with zero attached hydrogens (tertiary/aromatic N) is 4. The normalized spacial score (nSPS) is 22.7. The van der Waals surface area contributed by atoms with Gasteiger partial charge in [0.2, 0.25) is 47.3 Å². The van der Waals surface area contributed by atoms with Gasteiger partial charge in [-0.15, -0.1) is 0 Å². The van der Waals surface area contributed by atoms with E-state index in [9.17, 15) is 38.7 Å². The number of morpholine rings is 1. The van der Waals surface area contributed by atoms with Crippen LogP contribution in [0.2, 0.25) is 0 Å². The fourth-order valence-corrected chi connectivity index (χ4v) is 9.72. The van der Waals surface area contributed by atoms with Crippen LogP contribution >= 0.6 is 0 Å². The predicted octanol–water partition coefficient (Wildman–Crippen LogP) is -1.07. The number of hydrogen-bond donors (Lipinski definition) is 11. The third-order valence-electron chi connectivity index (χ3n) is 14.0. The first-order valence-corrected chi connectivity index (χ1v) is 27.0. The fourth-order valence-electron chi connectivity index (χ4n) is 9.72. The maximum absolute atomic E-state index is 15.2. The van der Waals surface area contributed by atoms with E-state index in [2.05, 4.69) is 57.1 Å². The Morgan fingerprint density at radius 3 is 2.19 bits per heavy atom. The fraction of sp³-hybridized carbons (Fsp3) is 0.537. The maximum atomic E-state index is 15.2. The number of nitrogens with one attached hydrogen (secondary N) is 8. The summed E-state index contributed by atoms with van der Waals surface area (Å²) >= 11 is 0. The van der Waals surface area contributed by atoms with E-state index in [0.717, 1.165) is 29.8 Å². The van der Waals surface area contributed by atoms with Gasteiger partial charge >= 0.3 is 5.97 Å². The van der Waals surface area contributed by atoms with Crippen LogP contribution in [0.25, 0.3) is 0 Å². The Hall–Kier alpha value is -7.93. The van der Waals surface area contributed by atoms with Crippen molar-refractivity contribution in [2.45, 2.75) is 146 Å². The summed E-state index contributed by atoms with van der Waals surface area (Å²) in [5.41, 5.74) is 14.8. The maximum Gasteiger partial charge on any atom is 0.326 e. The molecule has 0 unspecified atom stereocenters. The number of guanidine groups is 1. The molecular formula is C54H76N14O11. The summed E-state index contributed by atoms with van der Waals surface area (Å²) < 4.78 is 5.51. The minimum absolute atomic E-state index is 0.0164. The summed E-state index contributed by atoms with van der Waals surface area (Å²) in [6.07, 6.45) is 3.88. The molecule has 13 N–H and O–H groups in total. The number of carboxylic acid groups (broad SMARTS) is 1. The standard InChI is InChI=1S/C54H76N14O11/c1-3-4-12-39(61-33(2)69)47(71)66-44-28-46(70)58-19-8-7-13-41(53(77)78)63-51(75)45-26-36-10-5-6-11-37(36)31-68(45)52(76)40(14-9-20-59-54(55)56)62-48(72)42(64-49(73)43(65-50(44)74)27-38-29-57-32-60-38)25-34-15-17-35(18-16-34)30-67-21-23-79-24-22-67/h5-6,10-11,15-18,29,32,39-45H,3-4,7-9,12-14,19-28,30-31H2,1-2H3,(H,57,60)(H,58,70)(H,61,69)(H,62,72)(H,63,75)(H,64,73)(H,65,74)(H,66,71)(H,77,78)(H4,55,56,59)/t39-,40-,41-,42+,43-,44-,45-/m0/s1. The van der Waals surface area contributed by atoms with Crippen molar-refractivity contribution in [3.05, 3.63) is 89.0 Å². The third-order valence-corrected chi connectivity index (χ3v) is 14.0. The number of carbonyl (C=O) groups excluding carboxylic acids is 8. The van der Waals surface area contributed by atoms with Crippen LogP contribution in [0.3, 0.4) is 0 Å². The van der Waals surface area contributed by atoms with Gasteiger partial charge in [0.25, 0.3) is 0 Å². The van der Waals surface area contributed by atoms with Gasteiger partial charge in [0.1, 0.15) is 42.3 Å². The molecule has 428 valence electrons. The first-order valence-electron chi connectivity index (χ1n) is 27.0. The van der Waals surface area contributed by atoms with Crippen molar-refractivity contribution in [2.24, 2.45) is 16.5 Å². The first kappa shape index (κ1) is 60.3. The quantitative estimate of drug-likeness (QED) is 0.0436. The molecule has 0 saturated carbocycles. The zero-order valence-electron chi connectivity index (χ0n) is 44.9. The molecule has 0 aliphatic carbocycles. The number of benzene rings is 2. The second-order valence-corrected chi connectivity index (χ2v) is 20.2. The van der Waals surface area contributed by atoms with Crippen molar-refractivity contribution < 1.29 is 53.0 Å². The number of ether oxygens (including phenoxy) is 1. The number of nitrogens with two attached hydrogens (primary N) is 2. The van der Waals surface area contributed by atoms with Gasteiger partial charge in [-0.25, -0.2) is 9.78 Å². The number of H-pyrrole nitrogens is 1. The van der Waals surface area contributed by atoms with E-state index >= 15 is 9.59 Å². The Morgan fingerprint density at radius 2 is 1.52 bits per heavy atom. The van der Waals surface area contributed by atoms with E-state index in [-0.39, 0.29) is 83.4 Å². The van der Waals surface area contributed by atoms with Crippen molar-refractivity contribution in [3.8, 4) is 0 Å². The molecule has 1 aromatic heterocycles. The third kappa shape index (κ3) is 18.9. The SMILES string of the molecule is CCCC[C@H](NC(C)=O)C(=O)N[C@H]1CC(=O)NCCCC[C@@H](C(=O)O)NC(=O)[C@@H]2Cc3ccccc3CN2C(=O)[C@H](CCCN=C(N)N)NC(=O)[C@@H](Cc2ccc(CN3CCOCC3)cc2)NC(=O)[C@H](Cc2cnc[nH]2)NC1=O. The molecular weight excluding hydrogens is 1020 g/mol. The molecule has 2 saturated heterocycles. The molecule has 0 bridgehead atoms. The van der Waals surface area contributed by atoms with E-state index in [1.54, 1.807) is 12.1 Å². The van der Waals surface area contributed by atoms with Crippen LogP contribution in [0.4, 0.5) is 0 Å². The molecule has 79 heavy (non-hydrogen) atoms. The van der Waals surface area contributed by atoms with Crippen molar-refractivity contribution in [3.63, 3.8) is 0 Å². The van der Waals surface area contributed by atoms with Gasteiger partial charge in [-0.05, 0) is 60.8 Å². The number of aliphatic carboxylic acids is 1. The smallest absolute Gasteiger partial charge is 0.326 e. The molecule has 0 spiro atoms. The van der Waals surface area contributed by atoms with Crippen LogP contribution in [-0.4, -0.2) is 166 Å². The molecule has 2 fully saturated rings. The van der Waals surface area contributed by atoms with Crippen LogP contribution < -0.4 is 48.7 Å². The number of imidazole rings is 1. The van der Waals surface area contributed by atoms with Crippen molar-refractivity contribution in [2.75, 3.05) is 39.4 Å². The van der Waals surface area contributed by atoms with Crippen molar-refractivity contribution in [1.82, 2.24) is 57.0 Å². The monoisotopic (exact) mass is 1100 g/mol. The van der Waals surface area contributed by atoms with Gasteiger partial charge in [0.15, 0.2) is 5.96 Å². The zero-order chi connectivity index (χ0) is 56.8. The highest BCUT2D eigenvalue weighted by molar-refractivity contribution is 5.99. The number of carbonyl (C=O) groups is 9.